The van der Waals surface area contributed by atoms with Crippen LogP contribution in [0.5, 0.6) is 11.5 Å². The van der Waals surface area contributed by atoms with E-state index in [2.05, 4.69) is 9.59 Å². The number of piperazine rings is 1. The Bertz CT molecular complexity index is 832. The number of rotatable bonds is 2. The predicted octanol–water partition coefficient (Wildman–Crippen LogP) is 0.971. The summed E-state index contributed by atoms with van der Waals surface area (Å²) >= 11 is 1.11. The fourth-order valence-electron chi connectivity index (χ4n) is 3.05. The molecule has 4 rings (SSSR count). The average molecular weight is 374 g/mol. The topological polar surface area (TPSA) is 84.9 Å². The molecule has 1 aromatic heterocycles. The van der Waals surface area contributed by atoms with Gasteiger partial charge >= 0.3 is 0 Å². The minimum Gasteiger partial charge on any atom is -0.485 e. The zero-order valence-electron chi connectivity index (χ0n) is 14.3. The molecule has 1 aromatic carbocycles. The normalized spacial score (nSPS) is 19.3. The summed E-state index contributed by atoms with van der Waals surface area (Å²) in [6.45, 7) is 3.86. The summed E-state index contributed by atoms with van der Waals surface area (Å²) in [6, 6.07) is 7.31. The fraction of sp³-hybridized carbons (Fsp3) is 0.412. The van der Waals surface area contributed by atoms with Crippen molar-refractivity contribution in [3.63, 3.8) is 0 Å². The Morgan fingerprint density at radius 2 is 1.81 bits per heavy atom. The third-order valence-corrected chi connectivity index (χ3v) is 5.32. The first kappa shape index (κ1) is 16.8. The monoisotopic (exact) mass is 374 g/mol. The SMILES string of the molecule is Cc1nnsc1C(=O)N1CCN(C(=O)C2COc3ccccc3O2)CC1. The molecule has 26 heavy (non-hydrogen) atoms. The number of aromatic nitrogens is 2. The van der Waals surface area contributed by atoms with Gasteiger partial charge in [-0.1, -0.05) is 16.6 Å². The van der Waals surface area contributed by atoms with E-state index in [1.165, 1.54) is 0 Å². The molecule has 0 spiro atoms. The van der Waals surface area contributed by atoms with E-state index in [1.54, 1.807) is 22.8 Å². The molecule has 0 bridgehead atoms. The van der Waals surface area contributed by atoms with Gasteiger partial charge in [0.2, 0.25) is 6.10 Å². The van der Waals surface area contributed by atoms with E-state index in [1.807, 2.05) is 18.2 Å². The third kappa shape index (κ3) is 3.10. The van der Waals surface area contributed by atoms with Crippen LogP contribution in [-0.4, -0.2) is 70.1 Å². The van der Waals surface area contributed by atoms with Crippen LogP contribution in [0, 0.1) is 6.92 Å². The van der Waals surface area contributed by atoms with E-state index in [9.17, 15) is 9.59 Å². The van der Waals surface area contributed by atoms with Gasteiger partial charge in [0.05, 0.1) is 5.69 Å². The molecule has 8 nitrogen and oxygen atoms in total. The number of ether oxygens (including phenoxy) is 2. The zero-order chi connectivity index (χ0) is 18.1. The number of hydrogen-bond acceptors (Lipinski definition) is 7. The second-order valence-electron chi connectivity index (χ2n) is 6.17. The Morgan fingerprint density at radius 3 is 2.50 bits per heavy atom. The average Bonchev–Trinajstić information content (AvgIpc) is 3.12. The molecule has 136 valence electrons. The van der Waals surface area contributed by atoms with Crippen molar-refractivity contribution in [1.82, 2.24) is 19.4 Å². The van der Waals surface area contributed by atoms with Crippen LogP contribution in [0.2, 0.25) is 0 Å². The van der Waals surface area contributed by atoms with E-state index in [0.29, 0.717) is 48.2 Å². The first-order chi connectivity index (χ1) is 12.6. The molecular weight excluding hydrogens is 356 g/mol. The molecule has 1 unspecified atom stereocenters. The number of amides is 2. The molecule has 2 aromatic rings. The Labute approximate surface area is 154 Å². The lowest BCUT2D eigenvalue weighted by Gasteiger charge is -2.37. The van der Waals surface area contributed by atoms with Gasteiger partial charge in [-0.25, -0.2) is 0 Å². The molecule has 0 N–H and O–H groups in total. The standard InChI is InChI=1S/C17H18N4O4S/c1-11-15(26-19-18-11)17(23)21-8-6-20(7-9-21)16(22)14-10-24-12-4-2-3-5-13(12)25-14/h2-5,14H,6-10H2,1H3. The smallest absolute Gasteiger partial charge is 0.267 e. The van der Waals surface area contributed by atoms with E-state index in [0.717, 1.165) is 11.5 Å². The third-order valence-electron chi connectivity index (χ3n) is 4.51. The number of hydrogen-bond donors (Lipinski definition) is 0. The van der Waals surface area contributed by atoms with Crippen molar-refractivity contribution < 1.29 is 19.1 Å². The molecule has 1 atom stereocenters. The molecule has 2 aliphatic rings. The predicted molar refractivity (Wildman–Crippen MR) is 93.5 cm³/mol. The van der Waals surface area contributed by atoms with Crippen LogP contribution >= 0.6 is 11.5 Å². The summed E-state index contributed by atoms with van der Waals surface area (Å²) in [4.78, 5) is 29.2. The molecule has 0 saturated carbocycles. The maximum atomic E-state index is 12.7. The van der Waals surface area contributed by atoms with Gasteiger partial charge in [-0.2, -0.15) is 0 Å². The highest BCUT2D eigenvalue weighted by Crippen LogP contribution is 2.31. The molecule has 1 saturated heterocycles. The van der Waals surface area contributed by atoms with Crippen LogP contribution in [0.1, 0.15) is 15.4 Å². The Hall–Kier alpha value is -2.68. The second-order valence-corrected chi connectivity index (χ2v) is 6.92. The van der Waals surface area contributed by atoms with Crippen molar-refractivity contribution in [3.8, 4) is 11.5 Å². The van der Waals surface area contributed by atoms with Gasteiger partial charge in [-0.05, 0) is 30.6 Å². The van der Waals surface area contributed by atoms with E-state index in [-0.39, 0.29) is 18.4 Å². The van der Waals surface area contributed by atoms with Gasteiger partial charge in [0.25, 0.3) is 11.8 Å². The quantitative estimate of drug-likeness (QED) is 0.779. The van der Waals surface area contributed by atoms with Crippen LogP contribution in [0.25, 0.3) is 0 Å². The highest BCUT2D eigenvalue weighted by atomic mass is 32.1. The van der Waals surface area contributed by atoms with Crippen LogP contribution in [0.3, 0.4) is 0 Å². The minimum atomic E-state index is -0.653. The maximum absolute atomic E-state index is 12.7. The van der Waals surface area contributed by atoms with Crippen LogP contribution in [0.15, 0.2) is 24.3 Å². The van der Waals surface area contributed by atoms with Crippen LogP contribution in [0.4, 0.5) is 0 Å². The number of carbonyl (C=O) groups excluding carboxylic acids is 2. The molecule has 3 heterocycles. The lowest BCUT2D eigenvalue weighted by Crippen LogP contribution is -2.55. The lowest BCUT2D eigenvalue weighted by molar-refractivity contribution is -0.142. The van der Waals surface area contributed by atoms with E-state index < -0.39 is 6.10 Å². The summed E-state index contributed by atoms with van der Waals surface area (Å²) in [5.74, 6) is 1.05. The molecule has 2 aliphatic heterocycles. The summed E-state index contributed by atoms with van der Waals surface area (Å²) in [5, 5.41) is 3.88. The maximum Gasteiger partial charge on any atom is 0.267 e. The number of benzene rings is 1. The van der Waals surface area contributed by atoms with Gasteiger partial charge < -0.3 is 19.3 Å². The first-order valence-electron chi connectivity index (χ1n) is 8.39. The van der Waals surface area contributed by atoms with Crippen molar-refractivity contribution in [3.05, 3.63) is 34.8 Å². The number of nitrogens with zero attached hydrogens (tertiary/aromatic N) is 4. The molecule has 9 heteroatoms. The Balaban J connectivity index is 1.36. The van der Waals surface area contributed by atoms with Crippen LogP contribution < -0.4 is 9.47 Å². The summed E-state index contributed by atoms with van der Waals surface area (Å²) in [7, 11) is 0. The molecule has 0 radical (unpaired) electrons. The number of fused-ring (bicyclic) bond motifs is 1. The van der Waals surface area contributed by atoms with E-state index in [4.69, 9.17) is 9.47 Å². The van der Waals surface area contributed by atoms with Gasteiger partial charge in [-0.3, -0.25) is 9.59 Å². The molecule has 0 aliphatic carbocycles. The lowest BCUT2D eigenvalue weighted by atomic mass is 10.2. The first-order valence-corrected chi connectivity index (χ1v) is 9.16. The van der Waals surface area contributed by atoms with Crippen molar-refractivity contribution in [2.24, 2.45) is 0 Å². The van der Waals surface area contributed by atoms with Gasteiger partial charge in [0.15, 0.2) is 11.5 Å². The van der Waals surface area contributed by atoms with Gasteiger partial charge in [-0.15, -0.1) is 5.10 Å². The Morgan fingerprint density at radius 1 is 1.12 bits per heavy atom. The second kappa shape index (κ2) is 6.91. The van der Waals surface area contributed by atoms with Crippen molar-refractivity contribution >= 4 is 23.3 Å². The number of para-hydroxylation sites is 2. The zero-order valence-corrected chi connectivity index (χ0v) is 15.1. The highest BCUT2D eigenvalue weighted by Gasteiger charge is 2.34. The highest BCUT2D eigenvalue weighted by molar-refractivity contribution is 7.07. The number of carbonyl (C=O) groups is 2. The summed E-state index contributed by atoms with van der Waals surface area (Å²) < 4.78 is 15.2. The fourth-order valence-corrected chi connectivity index (χ4v) is 3.67. The minimum absolute atomic E-state index is 0.0734. The molecular formula is C17H18N4O4S. The Kier molecular flexibility index (Phi) is 4.46. The number of aryl methyl sites for hydroxylation is 1. The molecule has 1 fully saturated rings. The largest absolute Gasteiger partial charge is 0.485 e. The van der Waals surface area contributed by atoms with Gasteiger partial charge in [0, 0.05) is 26.2 Å². The molecule has 2 amide bonds. The van der Waals surface area contributed by atoms with Crippen molar-refractivity contribution in [2.75, 3.05) is 32.8 Å². The van der Waals surface area contributed by atoms with Gasteiger partial charge in [0.1, 0.15) is 11.5 Å². The van der Waals surface area contributed by atoms with Crippen molar-refractivity contribution in [2.45, 2.75) is 13.0 Å². The van der Waals surface area contributed by atoms with E-state index >= 15 is 0 Å². The van der Waals surface area contributed by atoms with Crippen LogP contribution in [-0.2, 0) is 4.79 Å². The summed E-state index contributed by atoms with van der Waals surface area (Å²) in [5.41, 5.74) is 0.643. The van der Waals surface area contributed by atoms with Crippen molar-refractivity contribution in [1.29, 1.82) is 0 Å². The summed E-state index contributed by atoms with van der Waals surface area (Å²) in [6.07, 6.45) is -0.653.